The SMILES string of the molecule is CCCNC(=O)COC(=O)c1ccccc1C(=O)N(C)c1ccccc1. The molecule has 0 radical (unpaired) electrons. The van der Waals surface area contributed by atoms with Gasteiger partial charge >= 0.3 is 5.97 Å². The molecule has 1 N–H and O–H groups in total. The highest BCUT2D eigenvalue weighted by Crippen LogP contribution is 2.18. The lowest BCUT2D eigenvalue weighted by Gasteiger charge is -2.18. The summed E-state index contributed by atoms with van der Waals surface area (Å²) >= 11 is 0. The Morgan fingerprint density at radius 2 is 1.58 bits per heavy atom. The predicted molar refractivity (Wildman–Crippen MR) is 99.2 cm³/mol. The van der Waals surface area contributed by atoms with E-state index in [0.29, 0.717) is 12.2 Å². The van der Waals surface area contributed by atoms with Crippen LogP contribution in [0.2, 0.25) is 0 Å². The lowest BCUT2D eigenvalue weighted by atomic mass is 10.1. The Morgan fingerprint density at radius 3 is 2.23 bits per heavy atom. The fourth-order valence-corrected chi connectivity index (χ4v) is 2.32. The van der Waals surface area contributed by atoms with Crippen molar-refractivity contribution >= 4 is 23.5 Å². The molecule has 136 valence electrons. The molecule has 0 aromatic heterocycles. The number of hydrogen-bond donors (Lipinski definition) is 1. The first-order valence-corrected chi connectivity index (χ1v) is 8.40. The van der Waals surface area contributed by atoms with Crippen molar-refractivity contribution in [3.8, 4) is 0 Å². The molecule has 2 aromatic carbocycles. The van der Waals surface area contributed by atoms with Gasteiger partial charge in [0, 0.05) is 19.3 Å². The van der Waals surface area contributed by atoms with Gasteiger partial charge in [0.25, 0.3) is 11.8 Å². The number of nitrogens with zero attached hydrogens (tertiary/aromatic N) is 1. The number of para-hydroxylation sites is 1. The third-order valence-corrected chi connectivity index (χ3v) is 3.73. The van der Waals surface area contributed by atoms with Gasteiger partial charge in [-0.05, 0) is 30.7 Å². The van der Waals surface area contributed by atoms with E-state index in [1.165, 1.54) is 11.0 Å². The number of esters is 1. The first kappa shape index (κ1) is 19.2. The van der Waals surface area contributed by atoms with Crippen molar-refractivity contribution < 1.29 is 19.1 Å². The summed E-state index contributed by atoms with van der Waals surface area (Å²) in [4.78, 5) is 38.2. The van der Waals surface area contributed by atoms with Crippen LogP contribution >= 0.6 is 0 Å². The standard InChI is InChI=1S/C20H22N2O4/c1-3-13-21-18(23)14-26-20(25)17-12-8-7-11-16(17)19(24)22(2)15-9-5-4-6-10-15/h4-12H,3,13-14H2,1-2H3,(H,21,23). The minimum absolute atomic E-state index is 0.128. The molecule has 2 amide bonds. The molecule has 2 rings (SSSR count). The van der Waals surface area contributed by atoms with E-state index in [1.807, 2.05) is 25.1 Å². The highest BCUT2D eigenvalue weighted by atomic mass is 16.5. The first-order chi connectivity index (χ1) is 12.5. The van der Waals surface area contributed by atoms with Crippen molar-refractivity contribution in [3.63, 3.8) is 0 Å². The molecule has 0 saturated carbocycles. The number of carbonyl (C=O) groups excluding carboxylic acids is 3. The monoisotopic (exact) mass is 354 g/mol. The van der Waals surface area contributed by atoms with Crippen LogP contribution in [0.3, 0.4) is 0 Å². The summed E-state index contributed by atoms with van der Waals surface area (Å²) in [5, 5.41) is 2.62. The van der Waals surface area contributed by atoms with E-state index in [2.05, 4.69) is 5.32 Å². The molecule has 6 heteroatoms. The molecule has 26 heavy (non-hydrogen) atoms. The molecule has 0 fully saturated rings. The summed E-state index contributed by atoms with van der Waals surface area (Å²) in [7, 11) is 1.64. The Labute approximate surface area is 152 Å². The van der Waals surface area contributed by atoms with Crippen LogP contribution in [0, 0.1) is 0 Å². The van der Waals surface area contributed by atoms with E-state index < -0.39 is 5.97 Å². The molecule has 0 spiro atoms. The molecular formula is C20H22N2O4. The number of carbonyl (C=O) groups is 3. The number of benzene rings is 2. The molecule has 0 aliphatic carbocycles. The fraction of sp³-hybridized carbons (Fsp3) is 0.250. The second kappa shape index (κ2) is 9.36. The Morgan fingerprint density at radius 1 is 0.962 bits per heavy atom. The molecule has 0 aliphatic rings. The van der Waals surface area contributed by atoms with E-state index >= 15 is 0 Å². The summed E-state index contributed by atoms with van der Waals surface area (Å²) in [5.74, 6) is -1.41. The molecule has 0 aliphatic heterocycles. The molecule has 0 bridgehead atoms. The minimum Gasteiger partial charge on any atom is -0.452 e. The van der Waals surface area contributed by atoms with Gasteiger partial charge in [-0.25, -0.2) is 4.79 Å². The summed E-state index contributed by atoms with van der Waals surface area (Å²) < 4.78 is 5.04. The van der Waals surface area contributed by atoms with Crippen molar-refractivity contribution in [2.75, 3.05) is 25.1 Å². The fourth-order valence-electron chi connectivity index (χ4n) is 2.32. The van der Waals surface area contributed by atoms with Crippen molar-refractivity contribution in [1.82, 2.24) is 5.32 Å². The molecule has 0 heterocycles. The predicted octanol–water partition coefficient (Wildman–Crippen LogP) is 2.65. The second-order valence-electron chi connectivity index (χ2n) is 5.67. The van der Waals surface area contributed by atoms with Gasteiger partial charge in [-0.3, -0.25) is 9.59 Å². The Bertz CT molecular complexity index is 774. The van der Waals surface area contributed by atoms with Crippen LogP contribution < -0.4 is 10.2 Å². The summed E-state index contributed by atoms with van der Waals surface area (Å²) in [6.45, 7) is 2.07. The Hall–Kier alpha value is -3.15. The van der Waals surface area contributed by atoms with Gasteiger partial charge in [-0.15, -0.1) is 0 Å². The van der Waals surface area contributed by atoms with Crippen LogP contribution in [0.1, 0.15) is 34.1 Å². The summed E-state index contributed by atoms with van der Waals surface area (Å²) in [6.07, 6.45) is 0.794. The Kier molecular flexibility index (Phi) is 6.91. The van der Waals surface area contributed by atoms with Gasteiger partial charge in [0.05, 0.1) is 11.1 Å². The van der Waals surface area contributed by atoms with Gasteiger partial charge in [0.2, 0.25) is 0 Å². The van der Waals surface area contributed by atoms with Crippen LogP contribution in [0.15, 0.2) is 54.6 Å². The lowest BCUT2D eigenvalue weighted by Crippen LogP contribution is -2.30. The van der Waals surface area contributed by atoms with Gasteiger partial charge < -0.3 is 15.0 Å². The van der Waals surface area contributed by atoms with Gasteiger partial charge in [-0.1, -0.05) is 37.3 Å². The smallest absolute Gasteiger partial charge is 0.339 e. The van der Waals surface area contributed by atoms with E-state index in [-0.39, 0.29) is 29.5 Å². The molecule has 2 aromatic rings. The zero-order chi connectivity index (χ0) is 18.9. The highest BCUT2D eigenvalue weighted by molar-refractivity contribution is 6.12. The maximum Gasteiger partial charge on any atom is 0.339 e. The summed E-state index contributed by atoms with van der Waals surface area (Å²) in [6, 6.07) is 15.5. The number of hydrogen-bond acceptors (Lipinski definition) is 4. The van der Waals surface area contributed by atoms with Crippen LogP contribution in [0.25, 0.3) is 0 Å². The molecular weight excluding hydrogens is 332 g/mol. The normalized spacial score (nSPS) is 10.1. The number of anilines is 1. The molecule has 0 atom stereocenters. The average Bonchev–Trinajstić information content (AvgIpc) is 2.69. The van der Waals surface area contributed by atoms with Crippen molar-refractivity contribution in [2.45, 2.75) is 13.3 Å². The van der Waals surface area contributed by atoms with E-state index in [4.69, 9.17) is 4.74 Å². The van der Waals surface area contributed by atoms with Crippen LogP contribution in [0.5, 0.6) is 0 Å². The van der Waals surface area contributed by atoms with E-state index in [1.54, 1.807) is 37.4 Å². The topological polar surface area (TPSA) is 75.7 Å². The maximum absolute atomic E-state index is 12.8. The van der Waals surface area contributed by atoms with E-state index in [0.717, 1.165) is 6.42 Å². The van der Waals surface area contributed by atoms with Crippen LogP contribution in [-0.4, -0.2) is 38.0 Å². The van der Waals surface area contributed by atoms with E-state index in [9.17, 15) is 14.4 Å². The number of rotatable bonds is 7. The largest absolute Gasteiger partial charge is 0.452 e. The zero-order valence-electron chi connectivity index (χ0n) is 14.9. The van der Waals surface area contributed by atoms with Gasteiger partial charge in [0.15, 0.2) is 6.61 Å². The molecule has 6 nitrogen and oxygen atoms in total. The number of amides is 2. The molecule has 0 saturated heterocycles. The minimum atomic E-state index is -0.706. The van der Waals surface area contributed by atoms with Gasteiger partial charge in [-0.2, -0.15) is 0 Å². The number of nitrogens with one attached hydrogen (secondary N) is 1. The number of ether oxygens (including phenoxy) is 1. The summed E-state index contributed by atoms with van der Waals surface area (Å²) in [5.41, 5.74) is 1.06. The highest BCUT2D eigenvalue weighted by Gasteiger charge is 2.21. The van der Waals surface area contributed by atoms with Crippen molar-refractivity contribution in [1.29, 1.82) is 0 Å². The molecule has 0 unspecified atom stereocenters. The van der Waals surface area contributed by atoms with Gasteiger partial charge in [0.1, 0.15) is 0 Å². The second-order valence-corrected chi connectivity index (χ2v) is 5.67. The van der Waals surface area contributed by atoms with Crippen molar-refractivity contribution in [2.24, 2.45) is 0 Å². The third kappa shape index (κ3) is 4.92. The lowest BCUT2D eigenvalue weighted by molar-refractivity contribution is -0.124. The van der Waals surface area contributed by atoms with Crippen molar-refractivity contribution in [3.05, 3.63) is 65.7 Å². The Balaban J connectivity index is 2.13. The van der Waals surface area contributed by atoms with Crippen LogP contribution in [-0.2, 0) is 9.53 Å². The third-order valence-electron chi connectivity index (χ3n) is 3.73. The zero-order valence-corrected chi connectivity index (χ0v) is 14.9. The first-order valence-electron chi connectivity index (χ1n) is 8.40. The quantitative estimate of drug-likeness (QED) is 0.776. The average molecular weight is 354 g/mol. The van der Waals surface area contributed by atoms with Crippen LogP contribution in [0.4, 0.5) is 5.69 Å². The maximum atomic E-state index is 12.8.